The Labute approximate surface area is 85.5 Å². The fourth-order valence-electron chi connectivity index (χ4n) is 1.60. The monoisotopic (exact) mass is 216 g/mol. The molecule has 0 saturated carbocycles. The number of nitrogens with two attached hydrogens (primary N) is 1. The highest BCUT2D eigenvalue weighted by Gasteiger charge is 2.31. The molecule has 1 aliphatic heterocycles. The summed E-state index contributed by atoms with van der Waals surface area (Å²) >= 11 is 0. The number of hydrogen-bond acceptors (Lipinski definition) is 2. The van der Waals surface area contributed by atoms with Crippen molar-refractivity contribution in [2.45, 2.75) is 12.2 Å². The number of rotatable bonds is 1. The molecule has 82 valence electrons. The van der Waals surface area contributed by atoms with Crippen molar-refractivity contribution >= 4 is 5.69 Å². The molecule has 5 heteroatoms. The zero-order valence-electron chi connectivity index (χ0n) is 7.96. The van der Waals surface area contributed by atoms with Crippen LogP contribution in [0.4, 0.5) is 18.9 Å². The van der Waals surface area contributed by atoms with Gasteiger partial charge in [0.15, 0.2) is 0 Å². The van der Waals surface area contributed by atoms with Gasteiger partial charge >= 0.3 is 6.18 Å². The number of anilines is 1. The molecule has 1 aromatic rings. The minimum absolute atomic E-state index is 0.0829. The van der Waals surface area contributed by atoms with Crippen molar-refractivity contribution in [2.24, 2.45) is 5.73 Å². The molecule has 1 fully saturated rings. The van der Waals surface area contributed by atoms with Crippen molar-refractivity contribution in [3.8, 4) is 0 Å². The quantitative estimate of drug-likeness (QED) is 0.776. The average molecular weight is 216 g/mol. The van der Waals surface area contributed by atoms with Gasteiger partial charge in [-0.2, -0.15) is 13.2 Å². The predicted molar refractivity (Wildman–Crippen MR) is 51.6 cm³/mol. The van der Waals surface area contributed by atoms with Crippen LogP contribution in [0.1, 0.15) is 5.56 Å². The standard InChI is InChI=1S/C10H11F3N2/c11-10(12,13)7-2-1-3-9(4-7)15-5-8(14)6-15/h1-4,8H,5-6,14H2. The molecule has 2 N–H and O–H groups in total. The fraction of sp³-hybridized carbons (Fsp3) is 0.400. The Morgan fingerprint density at radius 2 is 1.93 bits per heavy atom. The van der Waals surface area contributed by atoms with Gasteiger partial charge in [-0.3, -0.25) is 0 Å². The Morgan fingerprint density at radius 1 is 1.27 bits per heavy atom. The Hall–Kier alpha value is -1.23. The summed E-state index contributed by atoms with van der Waals surface area (Å²) in [6.45, 7) is 1.25. The normalized spacial score (nSPS) is 17.7. The summed E-state index contributed by atoms with van der Waals surface area (Å²) < 4.78 is 37.2. The van der Waals surface area contributed by atoms with Crippen LogP contribution in [0.15, 0.2) is 24.3 Å². The maximum atomic E-state index is 12.4. The highest BCUT2D eigenvalue weighted by molar-refractivity contribution is 5.51. The summed E-state index contributed by atoms with van der Waals surface area (Å²) in [4.78, 5) is 1.83. The van der Waals surface area contributed by atoms with E-state index in [0.29, 0.717) is 18.8 Å². The maximum Gasteiger partial charge on any atom is 0.416 e. The van der Waals surface area contributed by atoms with Crippen LogP contribution in [0.25, 0.3) is 0 Å². The lowest BCUT2D eigenvalue weighted by molar-refractivity contribution is -0.137. The van der Waals surface area contributed by atoms with Gasteiger partial charge in [0.25, 0.3) is 0 Å². The SMILES string of the molecule is NC1CN(c2cccc(C(F)(F)F)c2)C1. The second-order valence-electron chi connectivity index (χ2n) is 3.71. The molecule has 15 heavy (non-hydrogen) atoms. The predicted octanol–water partition coefficient (Wildman–Crippen LogP) is 1.85. The molecule has 1 aliphatic rings. The van der Waals surface area contributed by atoms with E-state index in [1.807, 2.05) is 4.90 Å². The fourth-order valence-corrected chi connectivity index (χ4v) is 1.60. The molecule has 0 unspecified atom stereocenters. The molecular formula is C10H11F3N2. The van der Waals surface area contributed by atoms with Gasteiger partial charge < -0.3 is 10.6 Å². The molecule has 0 aliphatic carbocycles. The molecule has 1 aromatic carbocycles. The number of nitrogens with zero attached hydrogens (tertiary/aromatic N) is 1. The maximum absolute atomic E-state index is 12.4. The van der Waals surface area contributed by atoms with Gasteiger partial charge in [0, 0.05) is 24.8 Å². The topological polar surface area (TPSA) is 29.3 Å². The van der Waals surface area contributed by atoms with Gasteiger partial charge in [-0.15, -0.1) is 0 Å². The first-order valence-corrected chi connectivity index (χ1v) is 4.64. The first-order chi connectivity index (χ1) is 6.97. The van der Waals surface area contributed by atoms with Crippen molar-refractivity contribution in [1.29, 1.82) is 0 Å². The molecule has 0 amide bonds. The van der Waals surface area contributed by atoms with Gasteiger partial charge in [0.1, 0.15) is 0 Å². The van der Waals surface area contributed by atoms with Crippen LogP contribution in [0.2, 0.25) is 0 Å². The number of hydrogen-bond donors (Lipinski definition) is 1. The molecular weight excluding hydrogens is 205 g/mol. The second-order valence-corrected chi connectivity index (χ2v) is 3.71. The highest BCUT2D eigenvalue weighted by Crippen LogP contribution is 2.32. The lowest BCUT2D eigenvalue weighted by atomic mass is 10.1. The third-order valence-corrected chi connectivity index (χ3v) is 2.45. The van der Waals surface area contributed by atoms with Crippen molar-refractivity contribution in [1.82, 2.24) is 0 Å². The van der Waals surface area contributed by atoms with E-state index >= 15 is 0 Å². The Kier molecular flexibility index (Phi) is 2.34. The summed E-state index contributed by atoms with van der Waals surface area (Å²) in [6, 6.07) is 5.40. The van der Waals surface area contributed by atoms with Crippen LogP contribution in [0, 0.1) is 0 Å². The van der Waals surface area contributed by atoms with Gasteiger partial charge in [-0.25, -0.2) is 0 Å². The third-order valence-electron chi connectivity index (χ3n) is 2.45. The van der Waals surface area contributed by atoms with E-state index in [4.69, 9.17) is 5.73 Å². The van der Waals surface area contributed by atoms with Gasteiger partial charge in [0.05, 0.1) is 5.56 Å². The second kappa shape index (κ2) is 3.41. The van der Waals surface area contributed by atoms with Crippen molar-refractivity contribution in [2.75, 3.05) is 18.0 Å². The van der Waals surface area contributed by atoms with E-state index in [1.165, 1.54) is 6.07 Å². The largest absolute Gasteiger partial charge is 0.416 e. The molecule has 0 bridgehead atoms. The molecule has 0 atom stereocenters. The summed E-state index contributed by atoms with van der Waals surface area (Å²) in [5.74, 6) is 0. The van der Waals surface area contributed by atoms with Crippen LogP contribution in [-0.4, -0.2) is 19.1 Å². The molecule has 0 aromatic heterocycles. The Morgan fingerprint density at radius 3 is 2.47 bits per heavy atom. The lowest BCUT2D eigenvalue weighted by Crippen LogP contribution is -2.55. The Balaban J connectivity index is 2.20. The van der Waals surface area contributed by atoms with Crippen molar-refractivity contribution < 1.29 is 13.2 Å². The van der Waals surface area contributed by atoms with Gasteiger partial charge in [-0.05, 0) is 18.2 Å². The van der Waals surface area contributed by atoms with E-state index in [-0.39, 0.29) is 6.04 Å². The molecule has 1 heterocycles. The summed E-state index contributed by atoms with van der Waals surface area (Å²) in [7, 11) is 0. The Bertz CT molecular complexity index is 356. The highest BCUT2D eigenvalue weighted by atomic mass is 19.4. The average Bonchev–Trinajstić information content (AvgIpc) is 2.12. The van der Waals surface area contributed by atoms with Gasteiger partial charge in [-0.1, -0.05) is 6.07 Å². The van der Waals surface area contributed by atoms with Crippen LogP contribution in [-0.2, 0) is 6.18 Å². The van der Waals surface area contributed by atoms with Crippen molar-refractivity contribution in [3.63, 3.8) is 0 Å². The van der Waals surface area contributed by atoms with E-state index < -0.39 is 11.7 Å². The minimum atomic E-state index is -4.27. The van der Waals surface area contributed by atoms with E-state index in [2.05, 4.69) is 0 Å². The molecule has 0 spiro atoms. The molecule has 2 nitrogen and oxygen atoms in total. The zero-order valence-corrected chi connectivity index (χ0v) is 7.96. The molecule has 1 saturated heterocycles. The van der Waals surface area contributed by atoms with E-state index in [9.17, 15) is 13.2 Å². The molecule has 0 radical (unpaired) electrons. The number of halogens is 3. The first-order valence-electron chi connectivity index (χ1n) is 4.64. The first kappa shape index (κ1) is 10.3. The zero-order chi connectivity index (χ0) is 11.1. The third kappa shape index (κ3) is 2.07. The number of benzene rings is 1. The summed E-state index contributed by atoms with van der Waals surface area (Å²) in [6.07, 6.45) is -4.27. The van der Waals surface area contributed by atoms with E-state index in [1.54, 1.807) is 6.07 Å². The lowest BCUT2D eigenvalue weighted by Gasteiger charge is -2.39. The summed E-state index contributed by atoms with van der Waals surface area (Å²) in [5, 5.41) is 0. The minimum Gasteiger partial charge on any atom is -0.368 e. The van der Waals surface area contributed by atoms with Crippen LogP contribution in [0.5, 0.6) is 0 Å². The van der Waals surface area contributed by atoms with Crippen LogP contribution < -0.4 is 10.6 Å². The summed E-state index contributed by atoms with van der Waals surface area (Å²) in [5.41, 5.74) is 5.54. The van der Waals surface area contributed by atoms with Crippen LogP contribution >= 0.6 is 0 Å². The molecule has 2 rings (SSSR count). The van der Waals surface area contributed by atoms with Crippen molar-refractivity contribution in [3.05, 3.63) is 29.8 Å². The number of alkyl halides is 3. The van der Waals surface area contributed by atoms with Gasteiger partial charge in [0.2, 0.25) is 0 Å². The smallest absolute Gasteiger partial charge is 0.368 e. The van der Waals surface area contributed by atoms with E-state index in [0.717, 1.165) is 12.1 Å². The van der Waals surface area contributed by atoms with Crippen LogP contribution in [0.3, 0.4) is 0 Å².